The van der Waals surface area contributed by atoms with Crippen LogP contribution in [0.5, 0.6) is 5.75 Å². The highest BCUT2D eigenvalue weighted by Gasteiger charge is 2.16. The van der Waals surface area contributed by atoms with Crippen molar-refractivity contribution < 1.29 is 18.3 Å². The highest BCUT2D eigenvalue weighted by atomic mass is 35.5. The second-order valence-electron chi connectivity index (χ2n) is 3.59. The summed E-state index contributed by atoms with van der Waals surface area (Å²) < 4.78 is 22.2. The van der Waals surface area contributed by atoms with Crippen LogP contribution in [0.4, 0.5) is 0 Å². The fourth-order valence-corrected chi connectivity index (χ4v) is 2.34. The van der Waals surface area contributed by atoms with Crippen LogP contribution in [0.3, 0.4) is 0 Å². The molecule has 0 aromatic heterocycles. The Hall–Kier alpha value is -1.07. The summed E-state index contributed by atoms with van der Waals surface area (Å²) in [5, 5.41) is 9.93. The summed E-state index contributed by atoms with van der Waals surface area (Å²) >= 11 is 5.74. The van der Waals surface area contributed by atoms with Crippen LogP contribution < -0.4 is 0 Å². The summed E-state index contributed by atoms with van der Waals surface area (Å²) in [5.41, 5.74) is 0.173. The van der Waals surface area contributed by atoms with Crippen LogP contribution in [0.25, 0.3) is 0 Å². The van der Waals surface area contributed by atoms with Gasteiger partial charge in [-0.1, -0.05) is 11.6 Å². The molecule has 1 N–H and O–H groups in total. The van der Waals surface area contributed by atoms with Crippen LogP contribution in [0.15, 0.2) is 12.1 Å². The van der Waals surface area contributed by atoms with E-state index in [1.54, 1.807) is 0 Å². The van der Waals surface area contributed by atoms with Gasteiger partial charge in [-0.25, -0.2) is 8.42 Å². The standard InChI is InChI=1S/C10H11ClO4S/c1-6(12)9-4-8(11)3-7(10(9)13)5-16(2,14)15/h3-4,13H,5H2,1-2H3. The van der Waals surface area contributed by atoms with Gasteiger partial charge in [-0.05, 0) is 19.1 Å². The first-order chi connectivity index (χ1) is 7.20. The van der Waals surface area contributed by atoms with Crippen molar-refractivity contribution in [2.75, 3.05) is 6.26 Å². The Morgan fingerprint density at radius 2 is 2.00 bits per heavy atom. The van der Waals surface area contributed by atoms with Crippen LogP contribution in [0.2, 0.25) is 5.02 Å². The van der Waals surface area contributed by atoms with Crippen LogP contribution in [0, 0.1) is 0 Å². The van der Waals surface area contributed by atoms with E-state index in [0.717, 1.165) is 6.26 Å². The van der Waals surface area contributed by atoms with E-state index >= 15 is 0 Å². The summed E-state index contributed by atoms with van der Waals surface area (Å²) in [6, 6.07) is 2.65. The molecule has 0 amide bonds. The molecule has 0 saturated heterocycles. The Morgan fingerprint density at radius 3 is 2.44 bits per heavy atom. The van der Waals surface area contributed by atoms with Gasteiger partial charge in [-0.2, -0.15) is 0 Å². The molecule has 1 aromatic carbocycles. The Morgan fingerprint density at radius 1 is 1.44 bits per heavy atom. The molecule has 4 nitrogen and oxygen atoms in total. The molecule has 16 heavy (non-hydrogen) atoms. The van der Waals surface area contributed by atoms with Crippen molar-refractivity contribution in [3.63, 3.8) is 0 Å². The van der Waals surface area contributed by atoms with Gasteiger partial charge < -0.3 is 5.11 Å². The van der Waals surface area contributed by atoms with E-state index in [0.29, 0.717) is 0 Å². The van der Waals surface area contributed by atoms with Crippen molar-refractivity contribution >= 4 is 27.2 Å². The van der Waals surface area contributed by atoms with E-state index in [4.69, 9.17) is 11.6 Å². The smallest absolute Gasteiger partial charge is 0.163 e. The Kier molecular flexibility index (Phi) is 3.60. The molecule has 0 heterocycles. The average molecular weight is 263 g/mol. The number of hydrogen-bond donors (Lipinski definition) is 1. The van der Waals surface area contributed by atoms with Gasteiger partial charge in [-0.15, -0.1) is 0 Å². The first-order valence-electron chi connectivity index (χ1n) is 4.41. The minimum atomic E-state index is -3.29. The number of ketones is 1. The number of rotatable bonds is 3. The lowest BCUT2D eigenvalue weighted by Gasteiger charge is -2.08. The van der Waals surface area contributed by atoms with Gasteiger partial charge in [0.15, 0.2) is 15.6 Å². The molecular weight excluding hydrogens is 252 g/mol. The highest BCUT2D eigenvalue weighted by molar-refractivity contribution is 7.89. The lowest BCUT2D eigenvalue weighted by molar-refractivity contribution is 0.101. The van der Waals surface area contributed by atoms with E-state index < -0.39 is 9.84 Å². The monoisotopic (exact) mass is 262 g/mol. The van der Waals surface area contributed by atoms with Gasteiger partial charge in [0.05, 0.1) is 11.3 Å². The van der Waals surface area contributed by atoms with Gasteiger partial charge in [0.25, 0.3) is 0 Å². The Balaban J connectivity index is 3.35. The van der Waals surface area contributed by atoms with Crippen LogP contribution in [-0.4, -0.2) is 25.6 Å². The van der Waals surface area contributed by atoms with Crippen molar-refractivity contribution in [2.45, 2.75) is 12.7 Å². The van der Waals surface area contributed by atoms with E-state index in [9.17, 15) is 18.3 Å². The van der Waals surface area contributed by atoms with E-state index in [-0.39, 0.29) is 33.4 Å². The third kappa shape index (κ3) is 3.21. The number of hydrogen-bond acceptors (Lipinski definition) is 4. The second kappa shape index (κ2) is 4.43. The van der Waals surface area contributed by atoms with Crippen molar-refractivity contribution in [2.24, 2.45) is 0 Å². The highest BCUT2D eigenvalue weighted by Crippen LogP contribution is 2.28. The normalized spacial score (nSPS) is 11.4. The van der Waals surface area contributed by atoms with Crippen molar-refractivity contribution in [1.29, 1.82) is 0 Å². The number of carbonyl (C=O) groups is 1. The molecular formula is C10H11ClO4S. The van der Waals surface area contributed by atoms with E-state index in [1.165, 1.54) is 19.1 Å². The number of sulfone groups is 1. The molecule has 1 aromatic rings. The molecule has 0 bridgehead atoms. The number of carbonyl (C=O) groups excluding carboxylic acids is 1. The molecule has 0 saturated carbocycles. The molecule has 0 aliphatic rings. The third-order valence-corrected chi connectivity index (χ3v) is 3.00. The molecule has 0 fully saturated rings. The van der Waals surface area contributed by atoms with Crippen molar-refractivity contribution in [1.82, 2.24) is 0 Å². The molecule has 0 atom stereocenters. The van der Waals surface area contributed by atoms with Gasteiger partial charge >= 0.3 is 0 Å². The van der Waals surface area contributed by atoms with Crippen molar-refractivity contribution in [3.05, 3.63) is 28.3 Å². The van der Waals surface area contributed by atoms with Crippen LogP contribution >= 0.6 is 11.6 Å². The minimum absolute atomic E-state index is 0.0335. The zero-order valence-corrected chi connectivity index (χ0v) is 10.4. The summed E-state index contributed by atoms with van der Waals surface area (Å²) in [5.74, 6) is -1.03. The Labute approximate surface area is 98.8 Å². The van der Waals surface area contributed by atoms with Crippen LogP contribution in [0.1, 0.15) is 22.8 Å². The molecule has 6 heteroatoms. The first-order valence-corrected chi connectivity index (χ1v) is 6.84. The van der Waals surface area contributed by atoms with Gasteiger partial charge in [0.1, 0.15) is 5.75 Å². The fraction of sp³-hybridized carbons (Fsp3) is 0.300. The lowest BCUT2D eigenvalue weighted by Crippen LogP contribution is -2.03. The summed E-state index contributed by atoms with van der Waals surface area (Å²) in [6.45, 7) is 1.27. The number of benzene rings is 1. The molecule has 1 rings (SSSR count). The fourth-order valence-electron chi connectivity index (χ4n) is 1.32. The number of halogens is 1. The van der Waals surface area contributed by atoms with E-state index in [1.807, 2.05) is 0 Å². The summed E-state index contributed by atoms with van der Waals surface area (Å²) in [7, 11) is -3.29. The maximum atomic E-state index is 11.2. The molecule has 0 radical (unpaired) electrons. The minimum Gasteiger partial charge on any atom is -0.507 e. The molecule has 0 aliphatic heterocycles. The van der Waals surface area contributed by atoms with Gasteiger partial charge in [0, 0.05) is 16.8 Å². The Bertz CT molecular complexity index is 534. The summed E-state index contributed by atoms with van der Waals surface area (Å²) in [6.07, 6.45) is 1.04. The zero-order chi connectivity index (χ0) is 12.5. The number of phenols is 1. The molecule has 88 valence electrons. The van der Waals surface area contributed by atoms with E-state index in [2.05, 4.69) is 0 Å². The zero-order valence-electron chi connectivity index (χ0n) is 8.82. The SMILES string of the molecule is CC(=O)c1cc(Cl)cc(CS(C)(=O)=O)c1O. The van der Waals surface area contributed by atoms with Gasteiger partial charge in [0.2, 0.25) is 0 Å². The molecule has 0 spiro atoms. The maximum absolute atomic E-state index is 11.2. The largest absolute Gasteiger partial charge is 0.507 e. The van der Waals surface area contributed by atoms with Crippen LogP contribution in [-0.2, 0) is 15.6 Å². The maximum Gasteiger partial charge on any atom is 0.163 e. The summed E-state index contributed by atoms with van der Waals surface area (Å²) in [4.78, 5) is 11.2. The first kappa shape index (κ1) is 13.0. The quantitative estimate of drug-likeness (QED) is 0.843. The number of aromatic hydroxyl groups is 1. The topological polar surface area (TPSA) is 71.4 Å². The van der Waals surface area contributed by atoms with Gasteiger partial charge in [-0.3, -0.25) is 4.79 Å². The predicted molar refractivity (Wildman–Crippen MR) is 61.7 cm³/mol. The predicted octanol–water partition coefficient (Wildman–Crippen LogP) is 1.79. The average Bonchev–Trinajstić information content (AvgIpc) is 2.07. The van der Waals surface area contributed by atoms with Crippen molar-refractivity contribution in [3.8, 4) is 5.75 Å². The lowest BCUT2D eigenvalue weighted by atomic mass is 10.1. The molecule has 0 unspecified atom stereocenters. The second-order valence-corrected chi connectivity index (χ2v) is 6.16. The molecule has 0 aliphatic carbocycles. The number of Topliss-reactive ketones (excluding diaryl/α,β-unsaturated/α-hetero) is 1. The third-order valence-electron chi connectivity index (χ3n) is 1.95. The number of phenolic OH excluding ortho intramolecular Hbond substituents is 1.